The summed E-state index contributed by atoms with van der Waals surface area (Å²) in [5.41, 5.74) is 6.90. The zero-order chi connectivity index (χ0) is 14.9. The third-order valence-corrected chi connectivity index (χ3v) is 3.15. The molecule has 1 saturated heterocycles. The van der Waals surface area contributed by atoms with Crippen LogP contribution in [0.15, 0.2) is 29.3 Å². The van der Waals surface area contributed by atoms with E-state index in [1.807, 2.05) is 0 Å². The Morgan fingerprint density at radius 1 is 1.33 bits per heavy atom. The van der Waals surface area contributed by atoms with E-state index in [0.29, 0.717) is 5.69 Å². The molecule has 7 nitrogen and oxygen atoms in total. The standard InChI is InChI=1S/C14H20N4O3/c19-14(20)12-1-3-13(4-2-12)15-11-17-16-5-6-18-7-9-21-10-8-18/h1-4,11,16H,5-10H2,(H,15,17)(H,19,20). The molecule has 7 heteroatoms. The lowest BCUT2D eigenvalue weighted by atomic mass is 10.2. The lowest BCUT2D eigenvalue weighted by molar-refractivity contribution is 0.0383. The maximum Gasteiger partial charge on any atom is 0.335 e. The van der Waals surface area contributed by atoms with Crippen molar-refractivity contribution in [3.05, 3.63) is 29.8 Å². The number of nitrogens with zero attached hydrogens (tertiary/aromatic N) is 2. The molecule has 1 aromatic rings. The Morgan fingerprint density at radius 2 is 2.05 bits per heavy atom. The molecular weight excluding hydrogens is 272 g/mol. The van der Waals surface area contributed by atoms with Gasteiger partial charge in [-0.2, -0.15) is 0 Å². The zero-order valence-electron chi connectivity index (χ0n) is 11.8. The van der Waals surface area contributed by atoms with E-state index in [9.17, 15) is 4.79 Å². The van der Waals surface area contributed by atoms with E-state index in [1.165, 1.54) is 12.1 Å². The summed E-state index contributed by atoms with van der Waals surface area (Å²) in [5.74, 6) is -0.937. The monoisotopic (exact) mass is 292 g/mol. The molecule has 0 unspecified atom stereocenters. The number of ether oxygens (including phenoxy) is 1. The van der Waals surface area contributed by atoms with Gasteiger partial charge in [0.05, 0.1) is 24.5 Å². The van der Waals surface area contributed by atoms with E-state index in [1.54, 1.807) is 18.5 Å². The highest BCUT2D eigenvalue weighted by Gasteiger charge is 2.08. The summed E-state index contributed by atoms with van der Waals surface area (Å²) in [6.45, 7) is 5.33. The normalized spacial score (nSPS) is 16.2. The molecule has 0 aliphatic carbocycles. The van der Waals surface area contributed by atoms with Gasteiger partial charge < -0.3 is 15.3 Å². The average molecular weight is 292 g/mol. The first-order chi connectivity index (χ1) is 10.3. The number of carbonyl (C=O) groups is 1. The summed E-state index contributed by atoms with van der Waals surface area (Å²) in [4.78, 5) is 17.2. The van der Waals surface area contributed by atoms with Crippen LogP contribution in [0.25, 0.3) is 0 Å². The van der Waals surface area contributed by atoms with Crippen molar-refractivity contribution in [3.8, 4) is 0 Å². The van der Waals surface area contributed by atoms with E-state index >= 15 is 0 Å². The van der Waals surface area contributed by atoms with Crippen LogP contribution in [0.1, 0.15) is 10.4 Å². The van der Waals surface area contributed by atoms with E-state index in [4.69, 9.17) is 9.84 Å². The van der Waals surface area contributed by atoms with Crippen molar-refractivity contribution in [2.45, 2.75) is 0 Å². The fourth-order valence-electron chi connectivity index (χ4n) is 1.95. The van der Waals surface area contributed by atoms with Crippen LogP contribution >= 0.6 is 0 Å². The van der Waals surface area contributed by atoms with Gasteiger partial charge in [0, 0.05) is 26.2 Å². The summed E-state index contributed by atoms with van der Waals surface area (Å²) in [6, 6.07) is 6.38. The van der Waals surface area contributed by atoms with Crippen molar-refractivity contribution in [1.29, 1.82) is 0 Å². The van der Waals surface area contributed by atoms with Crippen molar-refractivity contribution in [3.63, 3.8) is 0 Å². The van der Waals surface area contributed by atoms with Gasteiger partial charge in [-0.1, -0.05) is 0 Å². The Balaban J connectivity index is 1.62. The van der Waals surface area contributed by atoms with Gasteiger partial charge in [0.2, 0.25) is 0 Å². The molecule has 0 bridgehead atoms. The molecule has 1 aliphatic heterocycles. The summed E-state index contributed by atoms with van der Waals surface area (Å²) in [5, 5.41) is 8.78. The number of carboxylic acid groups (broad SMARTS) is 1. The molecule has 21 heavy (non-hydrogen) atoms. The van der Waals surface area contributed by atoms with Crippen molar-refractivity contribution in [2.24, 2.45) is 4.99 Å². The number of carboxylic acids is 1. The Morgan fingerprint density at radius 3 is 2.71 bits per heavy atom. The van der Waals surface area contributed by atoms with Gasteiger partial charge in [0.15, 0.2) is 0 Å². The third-order valence-electron chi connectivity index (χ3n) is 3.15. The molecular formula is C14H20N4O3. The molecule has 1 fully saturated rings. The predicted octanol–water partition coefficient (Wildman–Crippen LogP) is 0.471. The lowest BCUT2D eigenvalue weighted by Crippen LogP contribution is -2.42. The van der Waals surface area contributed by atoms with Crippen LogP contribution in [0.5, 0.6) is 0 Å². The Hall–Kier alpha value is -1.96. The molecule has 0 atom stereocenters. The highest BCUT2D eigenvalue weighted by atomic mass is 16.5. The van der Waals surface area contributed by atoms with Crippen molar-refractivity contribution in [2.75, 3.05) is 39.4 Å². The Bertz CT molecular complexity index is 470. The van der Waals surface area contributed by atoms with Crippen LogP contribution in [-0.2, 0) is 4.74 Å². The lowest BCUT2D eigenvalue weighted by Gasteiger charge is -2.26. The fourth-order valence-corrected chi connectivity index (χ4v) is 1.95. The van der Waals surface area contributed by atoms with Gasteiger partial charge in [-0.15, -0.1) is 0 Å². The molecule has 1 aromatic carbocycles. The highest BCUT2D eigenvalue weighted by molar-refractivity contribution is 5.87. The third kappa shape index (κ3) is 5.50. The largest absolute Gasteiger partial charge is 0.478 e. The highest BCUT2D eigenvalue weighted by Crippen LogP contribution is 2.11. The number of aromatic carboxylic acids is 1. The first-order valence-electron chi connectivity index (χ1n) is 6.90. The van der Waals surface area contributed by atoms with Crippen LogP contribution in [0.3, 0.4) is 0 Å². The van der Waals surface area contributed by atoms with Gasteiger partial charge in [0.1, 0.15) is 6.34 Å². The smallest absolute Gasteiger partial charge is 0.335 e. The summed E-state index contributed by atoms with van der Waals surface area (Å²) < 4.78 is 5.28. The van der Waals surface area contributed by atoms with Crippen LogP contribution < -0.4 is 10.9 Å². The number of aliphatic imine (C=N–C) groups is 1. The first-order valence-corrected chi connectivity index (χ1v) is 6.90. The van der Waals surface area contributed by atoms with Gasteiger partial charge in [-0.25, -0.2) is 15.2 Å². The zero-order valence-corrected chi connectivity index (χ0v) is 11.8. The number of nitrogens with one attached hydrogen (secondary N) is 2. The van der Waals surface area contributed by atoms with Gasteiger partial charge >= 0.3 is 5.97 Å². The van der Waals surface area contributed by atoms with Gasteiger partial charge in [-0.3, -0.25) is 4.90 Å². The van der Waals surface area contributed by atoms with E-state index in [0.717, 1.165) is 39.4 Å². The summed E-state index contributed by atoms with van der Waals surface area (Å²) in [6.07, 6.45) is 1.55. The van der Waals surface area contributed by atoms with Crippen LogP contribution in [0, 0.1) is 0 Å². The number of morpholine rings is 1. The van der Waals surface area contributed by atoms with Crippen molar-refractivity contribution >= 4 is 18.0 Å². The molecule has 1 aliphatic rings. The second-order valence-corrected chi connectivity index (χ2v) is 4.64. The minimum absolute atomic E-state index is 0.255. The molecule has 0 radical (unpaired) electrons. The second-order valence-electron chi connectivity index (χ2n) is 4.64. The average Bonchev–Trinajstić information content (AvgIpc) is 2.52. The quantitative estimate of drug-likeness (QED) is 0.293. The predicted molar refractivity (Wildman–Crippen MR) is 80.0 cm³/mol. The molecule has 0 saturated carbocycles. The van der Waals surface area contributed by atoms with E-state index < -0.39 is 5.97 Å². The van der Waals surface area contributed by atoms with E-state index in [-0.39, 0.29) is 5.56 Å². The van der Waals surface area contributed by atoms with Crippen LogP contribution in [0.4, 0.5) is 5.69 Å². The minimum Gasteiger partial charge on any atom is -0.478 e. The van der Waals surface area contributed by atoms with E-state index in [2.05, 4.69) is 20.7 Å². The van der Waals surface area contributed by atoms with Crippen molar-refractivity contribution in [1.82, 2.24) is 15.8 Å². The maximum atomic E-state index is 10.7. The van der Waals surface area contributed by atoms with Crippen LogP contribution in [0.2, 0.25) is 0 Å². The molecule has 2 rings (SSSR count). The number of benzene rings is 1. The van der Waals surface area contributed by atoms with Crippen LogP contribution in [-0.4, -0.2) is 61.7 Å². The second kappa shape index (κ2) is 8.35. The molecule has 114 valence electrons. The maximum absolute atomic E-state index is 10.7. The number of hydrogen-bond donors (Lipinski definition) is 3. The summed E-state index contributed by atoms with van der Waals surface area (Å²) in [7, 11) is 0. The Kier molecular flexibility index (Phi) is 6.14. The Labute approximate surface area is 123 Å². The number of hydrogen-bond acceptors (Lipinski definition) is 5. The molecule has 0 aromatic heterocycles. The van der Waals surface area contributed by atoms with Gasteiger partial charge in [0.25, 0.3) is 0 Å². The summed E-state index contributed by atoms with van der Waals surface area (Å²) >= 11 is 0. The molecule has 1 heterocycles. The topological polar surface area (TPSA) is 86.2 Å². The van der Waals surface area contributed by atoms with Gasteiger partial charge in [-0.05, 0) is 24.3 Å². The molecule has 0 amide bonds. The first kappa shape index (κ1) is 15.4. The number of rotatable bonds is 7. The van der Waals surface area contributed by atoms with Crippen molar-refractivity contribution < 1.29 is 14.6 Å². The molecule has 3 N–H and O–H groups in total. The minimum atomic E-state index is -0.937. The fraction of sp³-hybridized carbons (Fsp3) is 0.429. The SMILES string of the molecule is O=C(O)c1ccc(N=CNNCCN2CCOCC2)cc1. The molecule has 0 spiro atoms. The number of hydrazine groups is 1.